The van der Waals surface area contributed by atoms with Gasteiger partial charge in [-0.25, -0.2) is 0 Å². The molecule has 0 bridgehead atoms. The third-order valence-corrected chi connectivity index (χ3v) is 4.17. The largest absolute Gasteiger partial charge is 0.493 e. The van der Waals surface area contributed by atoms with Crippen molar-refractivity contribution in [1.29, 1.82) is 0 Å². The predicted molar refractivity (Wildman–Crippen MR) is 79.0 cm³/mol. The summed E-state index contributed by atoms with van der Waals surface area (Å²) >= 11 is 0. The fraction of sp³-hybridized carbons (Fsp3) is 0.667. The fourth-order valence-corrected chi connectivity index (χ4v) is 3.01. The SMILES string of the molecule is COc1ccnc(CN2C(C)CCCC2CN)c1OC. The van der Waals surface area contributed by atoms with Crippen LogP contribution in [0.1, 0.15) is 31.9 Å². The Labute approximate surface area is 121 Å². The van der Waals surface area contributed by atoms with Gasteiger partial charge in [-0.1, -0.05) is 6.42 Å². The number of ether oxygens (including phenoxy) is 2. The molecule has 5 heteroatoms. The first-order chi connectivity index (χ1) is 9.71. The lowest BCUT2D eigenvalue weighted by Crippen LogP contribution is -2.48. The molecule has 0 aliphatic carbocycles. The van der Waals surface area contributed by atoms with Gasteiger partial charge in [0.15, 0.2) is 11.5 Å². The zero-order chi connectivity index (χ0) is 14.5. The quantitative estimate of drug-likeness (QED) is 0.890. The Morgan fingerprint density at radius 3 is 2.80 bits per heavy atom. The van der Waals surface area contributed by atoms with Gasteiger partial charge in [-0.05, 0) is 19.8 Å². The summed E-state index contributed by atoms with van der Waals surface area (Å²) in [4.78, 5) is 6.91. The molecule has 2 unspecified atom stereocenters. The van der Waals surface area contributed by atoms with E-state index < -0.39 is 0 Å². The van der Waals surface area contributed by atoms with Crippen LogP contribution >= 0.6 is 0 Å². The summed E-state index contributed by atoms with van der Waals surface area (Å²) in [5.41, 5.74) is 6.83. The van der Waals surface area contributed by atoms with E-state index >= 15 is 0 Å². The predicted octanol–water partition coefficient (Wildman–Crippen LogP) is 1.80. The number of nitrogens with zero attached hydrogens (tertiary/aromatic N) is 2. The van der Waals surface area contributed by atoms with Gasteiger partial charge in [-0.2, -0.15) is 0 Å². The number of rotatable bonds is 5. The second-order valence-corrected chi connectivity index (χ2v) is 5.33. The van der Waals surface area contributed by atoms with E-state index in [2.05, 4.69) is 16.8 Å². The lowest BCUT2D eigenvalue weighted by molar-refractivity contribution is 0.0866. The molecule has 2 rings (SSSR count). The molecule has 0 spiro atoms. The molecule has 112 valence electrons. The van der Waals surface area contributed by atoms with Gasteiger partial charge >= 0.3 is 0 Å². The first-order valence-electron chi connectivity index (χ1n) is 7.23. The van der Waals surface area contributed by atoms with Gasteiger partial charge in [0.05, 0.1) is 14.2 Å². The molecule has 20 heavy (non-hydrogen) atoms. The lowest BCUT2D eigenvalue weighted by atomic mass is 9.96. The summed E-state index contributed by atoms with van der Waals surface area (Å²) in [5, 5.41) is 0. The van der Waals surface area contributed by atoms with Crippen LogP contribution in [-0.4, -0.2) is 42.7 Å². The van der Waals surface area contributed by atoms with Crippen molar-refractivity contribution in [2.45, 2.75) is 44.8 Å². The Kier molecular flexibility index (Phi) is 5.20. The first kappa shape index (κ1) is 15.1. The van der Waals surface area contributed by atoms with Gasteiger partial charge in [0.25, 0.3) is 0 Å². The number of hydrogen-bond donors (Lipinski definition) is 1. The summed E-state index contributed by atoms with van der Waals surface area (Å²) in [6.45, 7) is 3.70. The van der Waals surface area contributed by atoms with Crippen molar-refractivity contribution in [2.75, 3.05) is 20.8 Å². The van der Waals surface area contributed by atoms with E-state index in [-0.39, 0.29) is 0 Å². The average Bonchev–Trinajstić information content (AvgIpc) is 2.48. The van der Waals surface area contributed by atoms with E-state index in [1.807, 2.05) is 6.07 Å². The number of pyridine rings is 1. The Balaban J connectivity index is 2.23. The number of hydrogen-bond acceptors (Lipinski definition) is 5. The zero-order valence-electron chi connectivity index (χ0n) is 12.6. The molecule has 2 N–H and O–H groups in total. The highest BCUT2D eigenvalue weighted by molar-refractivity contribution is 5.42. The second-order valence-electron chi connectivity index (χ2n) is 5.33. The minimum Gasteiger partial charge on any atom is -0.493 e. The topological polar surface area (TPSA) is 60.6 Å². The van der Waals surface area contributed by atoms with Crippen LogP contribution in [-0.2, 0) is 6.54 Å². The number of piperidine rings is 1. The third-order valence-electron chi connectivity index (χ3n) is 4.17. The third kappa shape index (κ3) is 3.04. The monoisotopic (exact) mass is 279 g/mol. The summed E-state index contributed by atoms with van der Waals surface area (Å²) in [5.74, 6) is 1.45. The Morgan fingerprint density at radius 1 is 1.35 bits per heavy atom. The highest BCUT2D eigenvalue weighted by atomic mass is 16.5. The molecule has 1 aliphatic rings. The van der Waals surface area contributed by atoms with Crippen molar-refractivity contribution < 1.29 is 9.47 Å². The minimum atomic E-state index is 0.427. The van der Waals surface area contributed by atoms with Crippen molar-refractivity contribution in [2.24, 2.45) is 5.73 Å². The van der Waals surface area contributed by atoms with Gasteiger partial charge < -0.3 is 15.2 Å². The van der Waals surface area contributed by atoms with Crippen LogP contribution in [0.4, 0.5) is 0 Å². The Bertz CT molecular complexity index is 439. The fourth-order valence-electron chi connectivity index (χ4n) is 3.01. The van der Waals surface area contributed by atoms with Crippen LogP contribution in [0.3, 0.4) is 0 Å². The molecule has 0 amide bonds. The zero-order valence-corrected chi connectivity index (χ0v) is 12.6. The average molecular weight is 279 g/mol. The molecule has 0 radical (unpaired) electrons. The van der Waals surface area contributed by atoms with E-state index in [0.717, 1.165) is 30.2 Å². The van der Waals surface area contributed by atoms with Gasteiger partial charge in [-0.3, -0.25) is 9.88 Å². The number of methoxy groups -OCH3 is 2. The second kappa shape index (κ2) is 6.90. The van der Waals surface area contributed by atoms with Crippen molar-refractivity contribution >= 4 is 0 Å². The molecule has 0 aromatic carbocycles. The van der Waals surface area contributed by atoms with Crippen LogP contribution < -0.4 is 15.2 Å². The van der Waals surface area contributed by atoms with Crippen molar-refractivity contribution in [3.05, 3.63) is 18.0 Å². The standard InChI is InChI=1S/C15H25N3O2/c1-11-5-4-6-12(9-16)18(11)10-13-15(20-3)14(19-2)7-8-17-13/h7-8,11-12H,4-6,9-10,16H2,1-3H3. The molecule has 1 aliphatic heterocycles. The molecule has 1 aromatic heterocycles. The smallest absolute Gasteiger partial charge is 0.183 e. The van der Waals surface area contributed by atoms with E-state index in [0.29, 0.717) is 18.6 Å². The van der Waals surface area contributed by atoms with Gasteiger partial charge in [0.1, 0.15) is 5.69 Å². The Hall–Kier alpha value is -1.33. The maximum absolute atomic E-state index is 5.92. The van der Waals surface area contributed by atoms with Crippen LogP contribution in [0, 0.1) is 0 Å². The van der Waals surface area contributed by atoms with E-state index in [1.54, 1.807) is 20.4 Å². The number of nitrogens with two attached hydrogens (primary N) is 1. The van der Waals surface area contributed by atoms with E-state index in [9.17, 15) is 0 Å². The molecule has 1 saturated heterocycles. The maximum atomic E-state index is 5.92. The highest BCUT2D eigenvalue weighted by Gasteiger charge is 2.28. The summed E-state index contributed by atoms with van der Waals surface area (Å²) in [6.07, 6.45) is 5.39. The van der Waals surface area contributed by atoms with Gasteiger partial charge in [-0.15, -0.1) is 0 Å². The molecule has 1 fully saturated rings. The lowest BCUT2D eigenvalue weighted by Gasteiger charge is -2.40. The van der Waals surface area contributed by atoms with Crippen LogP contribution in [0.5, 0.6) is 11.5 Å². The molecule has 2 heterocycles. The summed E-state index contributed by atoms with van der Waals surface area (Å²) in [6, 6.07) is 2.77. The highest BCUT2D eigenvalue weighted by Crippen LogP contribution is 2.32. The summed E-state index contributed by atoms with van der Waals surface area (Å²) < 4.78 is 10.8. The van der Waals surface area contributed by atoms with Gasteiger partial charge in [0, 0.05) is 37.4 Å². The normalized spacial score (nSPS) is 23.6. The Morgan fingerprint density at radius 2 is 2.15 bits per heavy atom. The van der Waals surface area contributed by atoms with E-state index in [4.69, 9.17) is 15.2 Å². The van der Waals surface area contributed by atoms with E-state index in [1.165, 1.54) is 12.8 Å². The molecule has 0 saturated carbocycles. The maximum Gasteiger partial charge on any atom is 0.183 e. The van der Waals surface area contributed by atoms with Crippen LogP contribution in [0.15, 0.2) is 12.3 Å². The first-order valence-corrected chi connectivity index (χ1v) is 7.23. The minimum absolute atomic E-state index is 0.427. The van der Waals surface area contributed by atoms with Crippen LogP contribution in [0.2, 0.25) is 0 Å². The molecule has 1 aromatic rings. The molecule has 2 atom stereocenters. The molecular weight excluding hydrogens is 254 g/mol. The number of aromatic nitrogens is 1. The molecule has 5 nitrogen and oxygen atoms in total. The molecular formula is C15H25N3O2. The van der Waals surface area contributed by atoms with Crippen molar-refractivity contribution in [3.63, 3.8) is 0 Å². The van der Waals surface area contributed by atoms with Crippen molar-refractivity contribution in [1.82, 2.24) is 9.88 Å². The van der Waals surface area contributed by atoms with Crippen LogP contribution in [0.25, 0.3) is 0 Å². The number of likely N-dealkylation sites (tertiary alicyclic amines) is 1. The van der Waals surface area contributed by atoms with Crippen molar-refractivity contribution in [3.8, 4) is 11.5 Å². The summed E-state index contributed by atoms with van der Waals surface area (Å²) in [7, 11) is 3.30. The van der Waals surface area contributed by atoms with Gasteiger partial charge in [0.2, 0.25) is 0 Å².